The van der Waals surface area contributed by atoms with Crippen molar-refractivity contribution in [3.63, 3.8) is 0 Å². The first-order valence-electron chi connectivity index (χ1n) is 3.25. The first-order chi connectivity index (χ1) is 5.57. The van der Waals surface area contributed by atoms with Gasteiger partial charge in [0.1, 0.15) is 0 Å². The van der Waals surface area contributed by atoms with Gasteiger partial charge in [0.05, 0.1) is 0 Å². The molecule has 0 spiro atoms. The minimum atomic E-state index is -1.23. The lowest BCUT2D eigenvalue weighted by Gasteiger charge is -2.05. The average Bonchev–Trinajstić information content (AvgIpc) is 2.07. The molecule has 0 aliphatic heterocycles. The summed E-state index contributed by atoms with van der Waals surface area (Å²) < 4.78 is 4.36. The molecule has 3 nitrogen and oxygen atoms in total. The first kappa shape index (κ1) is 13.3. The van der Waals surface area contributed by atoms with Gasteiger partial charge in [0.25, 0.3) is 0 Å². The van der Waals surface area contributed by atoms with Gasteiger partial charge in [-0.3, -0.25) is 0 Å². The van der Waals surface area contributed by atoms with Gasteiger partial charge in [-0.15, -0.1) is 13.2 Å². The highest BCUT2D eigenvalue weighted by Crippen LogP contribution is 1.95. The molecule has 12 heavy (non-hydrogen) atoms. The van der Waals surface area contributed by atoms with Crippen molar-refractivity contribution in [2.45, 2.75) is 13.2 Å². The van der Waals surface area contributed by atoms with E-state index < -0.39 is 12.3 Å². The van der Waals surface area contributed by atoms with E-state index in [0.29, 0.717) is 0 Å². The third kappa shape index (κ3) is 6.77. The number of esters is 1. The maximum Gasteiger partial charge on any atom is 0.335 e. The van der Waals surface area contributed by atoms with E-state index >= 15 is 0 Å². The molecule has 0 aromatic heterocycles. The van der Waals surface area contributed by atoms with Crippen molar-refractivity contribution < 1.29 is 14.6 Å². The molecule has 68 valence electrons. The fourth-order valence-corrected chi connectivity index (χ4v) is 0.258. The second-order valence-electron chi connectivity index (χ2n) is 1.81. The van der Waals surface area contributed by atoms with Crippen LogP contribution in [-0.2, 0) is 9.53 Å². The van der Waals surface area contributed by atoms with Gasteiger partial charge in [0, 0.05) is 5.57 Å². The topological polar surface area (TPSA) is 46.5 Å². The predicted molar refractivity (Wildman–Crippen MR) is 48.4 cm³/mol. The van der Waals surface area contributed by atoms with Crippen molar-refractivity contribution in [3.05, 3.63) is 38.0 Å². The summed E-state index contributed by atoms with van der Waals surface area (Å²) in [4.78, 5) is 10.6. The van der Waals surface area contributed by atoms with Crippen LogP contribution in [0, 0.1) is 0 Å². The van der Waals surface area contributed by atoms with E-state index in [1.54, 1.807) is 0 Å². The summed E-state index contributed by atoms with van der Waals surface area (Å²) in [6.07, 6.45) is -0.120. The van der Waals surface area contributed by atoms with E-state index in [9.17, 15) is 4.79 Å². The lowest BCUT2D eigenvalue weighted by atomic mass is 10.4. The summed E-state index contributed by atoms with van der Waals surface area (Å²) in [5.41, 5.74) is 0.251. The van der Waals surface area contributed by atoms with Crippen molar-refractivity contribution in [1.82, 2.24) is 0 Å². The van der Waals surface area contributed by atoms with Crippen molar-refractivity contribution in [2.24, 2.45) is 0 Å². The van der Waals surface area contributed by atoms with E-state index in [4.69, 9.17) is 5.11 Å². The van der Waals surface area contributed by atoms with Gasteiger partial charge in [0.15, 0.2) is 0 Å². The molecule has 0 aliphatic rings. The first-order valence-corrected chi connectivity index (χ1v) is 3.25. The molecule has 1 atom stereocenters. The highest BCUT2D eigenvalue weighted by atomic mass is 16.6. The van der Waals surface area contributed by atoms with E-state index in [1.807, 2.05) is 0 Å². The van der Waals surface area contributed by atoms with Crippen LogP contribution < -0.4 is 0 Å². The molecule has 1 unspecified atom stereocenters. The van der Waals surface area contributed by atoms with Crippen LogP contribution in [0.4, 0.5) is 0 Å². The highest BCUT2D eigenvalue weighted by molar-refractivity contribution is 5.87. The summed E-state index contributed by atoms with van der Waals surface area (Å²) in [5.74, 6) is -0.618. The summed E-state index contributed by atoms with van der Waals surface area (Å²) in [5, 5.41) is 8.68. The van der Waals surface area contributed by atoms with Gasteiger partial charge < -0.3 is 9.84 Å². The summed E-state index contributed by atoms with van der Waals surface area (Å²) in [6.45, 7) is 14.0. The number of hydrogen-bond donors (Lipinski definition) is 1. The van der Waals surface area contributed by atoms with Gasteiger partial charge in [-0.1, -0.05) is 13.2 Å². The molecule has 0 rings (SSSR count). The largest absolute Gasteiger partial charge is 0.429 e. The zero-order chi connectivity index (χ0) is 10.1. The third-order valence-electron chi connectivity index (χ3n) is 0.778. The SMILES string of the molecule is C=C.C=CC(O)OC(=O)C(=C)C. The number of aliphatic hydroxyl groups is 1. The molecule has 1 N–H and O–H groups in total. The second kappa shape index (κ2) is 7.75. The summed E-state index contributed by atoms with van der Waals surface area (Å²) in [6, 6.07) is 0. The summed E-state index contributed by atoms with van der Waals surface area (Å²) in [7, 11) is 0. The van der Waals surface area contributed by atoms with Gasteiger partial charge in [-0.05, 0) is 13.0 Å². The molecule has 0 radical (unpaired) electrons. The van der Waals surface area contributed by atoms with E-state index in [2.05, 4.69) is 31.1 Å². The van der Waals surface area contributed by atoms with Gasteiger partial charge in [0.2, 0.25) is 6.29 Å². The van der Waals surface area contributed by atoms with Crippen molar-refractivity contribution >= 4 is 5.97 Å². The Morgan fingerprint density at radius 3 is 2.25 bits per heavy atom. The minimum absolute atomic E-state index is 0.251. The molecular formula is C9H14O3. The molecule has 0 aliphatic carbocycles. The zero-order valence-corrected chi connectivity index (χ0v) is 7.25. The fraction of sp³-hybridized carbons (Fsp3) is 0.222. The minimum Gasteiger partial charge on any atom is -0.429 e. The number of hydrogen-bond acceptors (Lipinski definition) is 3. The van der Waals surface area contributed by atoms with E-state index in [0.717, 1.165) is 6.08 Å². The molecule has 3 heteroatoms. The summed E-state index contributed by atoms with van der Waals surface area (Å²) >= 11 is 0. The molecule has 0 aromatic rings. The molecule has 0 heterocycles. The van der Waals surface area contributed by atoms with Crippen LogP contribution in [0.1, 0.15) is 6.92 Å². The van der Waals surface area contributed by atoms with Crippen LogP contribution in [0.2, 0.25) is 0 Å². The van der Waals surface area contributed by atoms with Crippen LogP contribution in [0.25, 0.3) is 0 Å². The Bertz CT molecular complexity index is 173. The number of carbonyl (C=O) groups is 1. The third-order valence-corrected chi connectivity index (χ3v) is 0.778. The van der Waals surface area contributed by atoms with Crippen molar-refractivity contribution in [2.75, 3.05) is 0 Å². The van der Waals surface area contributed by atoms with Crippen molar-refractivity contribution in [3.8, 4) is 0 Å². The molecular weight excluding hydrogens is 156 g/mol. The number of rotatable bonds is 3. The van der Waals surface area contributed by atoms with Gasteiger partial charge >= 0.3 is 5.97 Å². The Morgan fingerprint density at radius 1 is 1.58 bits per heavy atom. The molecule has 0 saturated heterocycles. The molecule has 0 bridgehead atoms. The Morgan fingerprint density at radius 2 is 2.00 bits per heavy atom. The molecule has 0 aromatic carbocycles. The standard InChI is InChI=1S/C7H10O3.C2H4/c1-4-6(8)10-7(9)5(2)3;1-2/h4,6,8H,1-2H2,3H3;1-2H2. The monoisotopic (exact) mass is 170 g/mol. The number of aliphatic hydroxyl groups excluding tert-OH is 1. The normalized spacial score (nSPS) is 10.2. The fourth-order valence-electron chi connectivity index (χ4n) is 0.258. The van der Waals surface area contributed by atoms with Crippen LogP contribution in [0.5, 0.6) is 0 Å². The molecule has 0 saturated carbocycles. The van der Waals surface area contributed by atoms with E-state index in [-0.39, 0.29) is 5.57 Å². The molecule has 0 fully saturated rings. The van der Waals surface area contributed by atoms with E-state index in [1.165, 1.54) is 6.92 Å². The maximum atomic E-state index is 10.6. The lowest BCUT2D eigenvalue weighted by Crippen LogP contribution is -2.14. The van der Waals surface area contributed by atoms with Gasteiger partial charge in [-0.25, -0.2) is 4.79 Å². The second-order valence-corrected chi connectivity index (χ2v) is 1.81. The smallest absolute Gasteiger partial charge is 0.335 e. The molecule has 0 amide bonds. The zero-order valence-electron chi connectivity index (χ0n) is 7.25. The predicted octanol–water partition coefficient (Wildman–Crippen LogP) is 1.41. The Hall–Kier alpha value is -1.35. The Kier molecular flexibility index (Phi) is 8.56. The lowest BCUT2D eigenvalue weighted by molar-refractivity contribution is -0.155. The van der Waals surface area contributed by atoms with Crippen molar-refractivity contribution in [1.29, 1.82) is 0 Å². The van der Waals surface area contributed by atoms with Gasteiger partial charge in [-0.2, -0.15) is 0 Å². The van der Waals surface area contributed by atoms with Crippen LogP contribution in [-0.4, -0.2) is 17.4 Å². The Balaban J connectivity index is 0. The average molecular weight is 170 g/mol. The van der Waals surface area contributed by atoms with Crippen LogP contribution >= 0.6 is 0 Å². The maximum absolute atomic E-state index is 10.6. The van der Waals surface area contributed by atoms with Crippen LogP contribution in [0.15, 0.2) is 38.0 Å². The van der Waals surface area contributed by atoms with Crippen LogP contribution in [0.3, 0.4) is 0 Å². The number of ether oxygens (including phenoxy) is 1. The number of carbonyl (C=O) groups excluding carboxylic acids is 1. The quantitative estimate of drug-likeness (QED) is 0.301. The highest BCUT2D eigenvalue weighted by Gasteiger charge is 2.06. The Labute approximate surface area is 72.7 Å².